The number of hydrogen-bond acceptors (Lipinski definition) is 5. The second-order valence-corrected chi connectivity index (χ2v) is 6.35. The van der Waals surface area contributed by atoms with Crippen molar-refractivity contribution in [3.8, 4) is 28.4 Å². The van der Waals surface area contributed by atoms with Crippen molar-refractivity contribution in [2.75, 3.05) is 19.8 Å². The molecule has 29 heavy (non-hydrogen) atoms. The lowest BCUT2D eigenvalue weighted by atomic mass is 10.1. The Morgan fingerprint density at radius 3 is 2.59 bits per heavy atom. The van der Waals surface area contributed by atoms with Gasteiger partial charge >= 0.3 is 0 Å². The van der Waals surface area contributed by atoms with Gasteiger partial charge in [-0.15, -0.1) is 0 Å². The Balaban J connectivity index is 1.34. The predicted octanol–water partition coefficient (Wildman–Crippen LogP) is 3.65. The summed E-state index contributed by atoms with van der Waals surface area (Å²) in [6.45, 7) is 0.929. The first-order valence-corrected chi connectivity index (χ1v) is 9.28. The van der Waals surface area contributed by atoms with Crippen molar-refractivity contribution in [1.29, 1.82) is 0 Å². The van der Waals surface area contributed by atoms with Crippen molar-refractivity contribution in [3.63, 3.8) is 0 Å². The Labute approximate surface area is 168 Å². The zero-order chi connectivity index (χ0) is 19.9. The normalized spacial score (nSPS) is 12.6. The molecule has 1 aliphatic rings. The van der Waals surface area contributed by atoms with E-state index in [9.17, 15) is 4.79 Å². The summed E-state index contributed by atoms with van der Waals surface area (Å²) < 4.78 is 16.7. The minimum atomic E-state index is -0.346. The fraction of sp³-hybridized carbons (Fsp3) is 0.130. The van der Waals surface area contributed by atoms with Crippen molar-refractivity contribution in [1.82, 2.24) is 5.43 Å². The van der Waals surface area contributed by atoms with Gasteiger partial charge in [0.1, 0.15) is 19.0 Å². The maximum atomic E-state index is 12.1. The molecule has 1 amide bonds. The third kappa shape index (κ3) is 4.73. The Bertz CT molecular complexity index is 1020. The van der Waals surface area contributed by atoms with Crippen LogP contribution in [-0.2, 0) is 4.79 Å². The molecule has 1 heterocycles. The van der Waals surface area contributed by atoms with Crippen molar-refractivity contribution in [2.45, 2.75) is 0 Å². The molecule has 6 nitrogen and oxygen atoms in total. The largest absolute Gasteiger partial charge is 0.486 e. The van der Waals surface area contributed by atoms with Crippen molar-refractivity contribution < 1.29 is 19.0 Å². The number of fused-ring (bicyclic) bond motifs is 1. The highest BCUT2D eigenvalue weighted by atomic mass is 16.6. The summed E-state index contributed by atoms with van der Waals surface area (Å²) in [5.74, 6) is 1.68. The van der Waals surface area contributed by atoms with Crippen LogP contribution in [0.25, 0.3) is 11.1 Å². The minimum absolute atomic E-state index is 0.137. The summed E-state index contributed by atoms with van der Waals surface area (Å²) in [6, 6.07) is 23.0. The van der Waals surface area contributed by atoms with Gasteiger partial charge in [0.2, 0.25) is 0 Å². The lowest BCUT2D eigenvalue weighted by molar-refractivity contribution is -0.123. The highest BCUT2D eigenvalue weighted by Crippen LogP contribution is 2.30. The molecule has 146 valence electrons. The first-order valence-electron chi connectivity index (χ1n) is 9.28. The molecule has 0 unspecified atom stereocenters. The molecule has 1 aliphatic heterocycles. The molecule has 0 saturated carbocycles. The second kappa shape index (κ2) is 8.93. The number of carbonyl (C=O) groups is 1. The van der Waals surface area contributed by atoms with E-state index >= 15 is 0 Å². The average molecular weight is 388 g/mol. The van der Waals surface area contributed by atoms with Crippen LogP contribution in [0, 0.1) is 0 Å². The van der Waals surface area contributed by atoms with Gasteiger partial charge in [0.05, 0.1) is 6.21 Å². The number of para-hydroxylation sites is 1. The number of benzene rings is 3. The molecule has 0 bridgehead atoms. The molecule has 6 heteroatoms. The molecule has 0 radical (unpaired) electrons. The lowest BCUT2D eigenvalue weighted by Gasteiger charge is -2.18. The van der Waals surface area contributed by atoms with E-state index in [1.807, 2.05) is 72.8 Å². The van der Waals surface area contributed by atoms with Crippen LogP contribution in [0.3, 0.4) is 0 Å². The lowest BCUT2D eigenvalue weighted by Crippen LogP contribution is -2.24. The topological polar surface area (TPSA) is 69.2 Å². The van der Waals surface area contributed by atoms with Crippen LogP contribution in [0.1, 0.15) is 5.56 Å². The molecule has 4 rings (SSSR count). The van der Waals surface area contributed by atoms with Crippen molar-refractivity contribution in [2.24, 2.45) is 5.10 Å². The fourth-order valence-electron chi connectivity index (χ4n) is 2.94. The van der Waals surface area contributed by atoms with E-state index in [2.05, 4.69) is 10.5 Å². The van der Waals surface area contributed by atoms with Crippen LogP contribution in [0.4, 0.5) is 0 Å². The highest BCUT2D eigenvalue weighted by molar-refractivity contribution is 5.84. The molecule has 0 atom stereocenters. The smallest absolute Gasteiger partial charge is 0.277 e. The molecule has 0 aromatic heterocycles. The number of hydrogen-bond donors (Lipinski definition) is 1. The van der Waals surface area contributed by atoms with Crippen LogP contribution in [0.5, 0.6) is 17.2 Å². The van der Waals surface area contributed by atoms with Gasteiger partial charge < -0.3 is 14.2 Å². The number of ether oxygens (including phenoxy) is 3. The second-order valence-electron chi connectivity index (χ2n) is 6.35. The quantitative estimate of drug-likeness (QED) is 0.517. The maximum Gasteiger partial charge on any atom is 0.277 e. The zero-order valence-electron chi connectivity index (χ0n) is 15.7. The molecule has 3 aromatic rings. The number of rotatable bonds is 6. The summed E-state index contributed by atoms with van der Waals surface area (Å²) >= 11 is 0. The standard InChI is InChI=1S/C23H20N2O4/c26-23(25-24-15-17-10-11-21-22(14-17)28-13-12-27-21)16-29-20-9-5-4-8-19(20)18-6-2-1-3-7-18/h1-11,14-15H,12-13,16H2,(H,25,26). The van der Waals surface area contributed by atoms with Gasteiger partial charge in [-0.05, 0) is 35.4 Å². The number of carbonyl (C=O) groups excluding carboxylic acids is 1. The van der Waals surface area contributed by atoms with E-state index in [0.717, 1.165) is 16.7 Å². The highest BCUT2D eigenvalue weighted by Gasteiger charge is 2.11. The molecule has 0 fully saturated rings. The maximum absolute atomic E-state index is 12.1. The number of amides is 1. The van der Waals surface area contributed by atoms with E-state index in [0.29, 0.717) is 30.5 Å². The predicted molar refractivity (Wildman–Crippen MR) is 111 cm³/mol. The van der Waals surface area contributed by atoms with Crippen LogP contribution < -0.4 is 19.6 Å². The summed E-state index contributed by atoms with van der Waals surface area (Å²) in [5.41, 5.74) is 5.23. The zero-order valence-corrected chi connectivity index (χ0v) is 15.7. The Morgan fingerprint density at radius 1 is 0.966 bits per heavy atom. The number of nitrogens with zero attached hydrogens (tertiary/aromatic N) is 1. The van der Waals surface area contributed by atoms with E-state index in [1.165, 1.54) is 0 Å². The molecule has 0 spiro atoms. The third-order valence-electron chi connectivity index (χ3n) is 4.30. The van der Waals surface area contributed by atoms with E-state index < -0.39 is 0 Å². The van der Waals surface area contributed by atoms with E-state index in [4.69, 9.17) is 14.2 Å². The van der Waals surface area contributed by atoms with Crippen molar-refractivity contribution >= 4 is 12.1 Å². The molecular weight excluding hydrogens is 368 g/mol. The summed E-state index contributed by atoms with van der Waals surface area (Å²) in [4.78, 5) is 12.1. The van der Waals surface area contributed by atoms with Gasteiger partial charge in [-0.1, -0.05) is 48.5 Å². The van der Waals surface area contributed by atoms with Gasteiger partial charge in [0, 0.05) is 5.56 Å². The van der Waals surface area contributed by atoms with Crippen LogP contribution in [-0.4, -0.2) is 31.9 Å². The Kier molecular flexibility index (Phi) is 5.71. The molecule has 1 N–H and O–H groups in total. The van der Waals surface area contributed by atoms with Gasteiger partial charge in [-0.2, -0.15) is 5.10 Å². The van der Waals surface area contributed by atoms with Gasteiger partial charge in [0.25, 0.3) is 5.91 Å². The van der Waals surface area contributed by atoms with E-state index in [-0.39, 0.29) is 12.5 Å². The molecule has 0 saturated heterocycles. The van der Waals surface area contributed by atoms with Crippen LogP contribution in [0.15, 0.2) is 77.9 Å². The summed E-state index contributed by atoms with van der Waals surface area (Å²) in [6.07, 6.45) is 1.55. The fourth-order valence-corrected chi connectivity index (χ4v) is 2.94. The van der Waals surface area contributed by atoms with Gasteiger partial charge in [0.15, 0.2) is 18.1 Å². The number of hydrazone groups is 1. The third-order valence-corrected chi connectivity index (χ3v) is 4.30. The van der Waals surface area contributed by atoms with Crippen LogP contribution >= 0.6 is 0 Å². The van der Waals surface area contributed by atoms with Gasteiger partial charge in [-0.25, -0.2) is 5.43 Å². The summed E-state index contributed by atoms with van der Waals surface area (Å²) in [5, 5.41) is 3.98. The minimum Gasteiger partial charge on any atom is -0.486 e. The molecule has 3 aromatic carbocycles. The Hall–Kier alpha value is -3.80. The first-order chi connectivity index (χ1) is 14.3. The average Bonchev–Trinajstić information content (AvgIpc) is 2.78. The summed E-state index contributed by atoms with van der Waals surface area (Å²) in [7, 11) is 0. The van der Waals surface area contributed by atoms with E-state index in [1.54, 1.807) is 6.21 Å². The van der Waals surface area contributed by atoms with Gasteiger partial charge in [-0.3, -0.25) is 4.79 Å². The Morgan fingerprint density at radius 2 is 1.72 bits per heavy atom. The molecular formula is C23H20N2O4. The first kappa shape index (κ1) is 18.6. The van der Waals surface area contributed by atoms with Crippen molar-refractivity contribution in [3.05, 3.63) is 78.4 Å². The molecule has 0 aliphatic carbocycles. The SMILES string of the molecule is O=C(COc1ccccc1-c1ccccc1)NN=Cc1ccc2c(c1)OCCO2. The van der Waals surface area contributed by atoms with Crippen LogP contribution in [0.2, 0.25) is 0 Å². The monoisotopic (exact) mass is 388 g/mol. The number of nitrogens with one attached hydrogen (secondary N) is 1.